The van der Waals surface area contributed by atoms with Gasteiger partial charge in [-0.1, -0.05) is 64.4 Å². The first-order chi connectivity index (χ1) is 12.5. The predicted octanol–water partition coefficient (Wildman–Crippen LogP) is 4.97. The lowest BCUT2D eigenvalue weighted by molar-refractivity contribution is -0.127. The average molecular weight is 367 g/mol. The van der Waals surface area contributed by atoms with Crippen LogP contribution in [0.5, 0.6) is 0 Å². The summed E-state index contributed by atoms with van der Waals surface area (Å²) >= 11 is 0. The van der Waals surface area contributed by atoms with Gasteiger partial charge in [-0.2, -0.15) is 0 Å². The predicted molar refractivity (Wildman–Crippen MR) is 106 cm³/mol. The van der Waals surface area contributed by atoms with E-state index in [1.807, 2.05) is 13.8 Å². The van der Waals surface area contributed by atoms with Crippen molar-refractivity contribution in [2.24, 2.45) is 22.9 Å². The molecule has 1 aliphatic rings. The van der Waals surface area contributed by atoms with Crippen molar-refractivity contribution in [3.05, 3.63) is 10.4 Å². The number of rotatable bonds is 12. The number of aliphatic hydroxyl groups is 1. The third kappa shape index (κ3) is 8.41. The first kappa shape index (κ1) is 22.8. The van der Waals surface area contributed by atoms with E-state index in [0.717, 1.165) is 19.3 Å². The summed E-state index contributed by atoms with van der Waals surface area (Å²) in [7, 11) is 0. The van der Waals surface area contributed by atoms with E-state index in [9.17, 15) is 9.90 Å². The normalized spacial score (nSPS) is 18.8. The molecule has 1 aliphatic carbocycles. The molecule has 0 unspecified atom stereocenters. The Balaban J connectivity index is 2.58. The maximum absolute atomic E-state index is 12.5. The molecule has 0 aliphatic heterocycles. The topological polar surface area (TPSA) is 98.1 Å². The van der Waals surface area contributed by atoms with E-state index in [1.54, 1.807) is 0 Å². The first-order valence-electron chi connectivity index (χ1n) is 10.5. The minimum absolute atomic E-state index is 0.000493. The molecule has 0 spiro atoms. The Morgan fingerprint density at radius 1 is 1.31 bits per heavy atom. The van der Waals surface area contributed by atoms with Crippen molar-refractivity contribution in [1.29, 1.82) is 0 Å². The number of carbonyl (C=O) groups is 1. The quantitative estimate of drug-likeness (QED) is 0.221. The SMILES string of the molecule is CCCCNC(=O)[C@@H](C[C@H](O)[C@H](CCC1CCCCC1)N=[N+]=[N-])C(C)C. The third-order valence-electron chi connectivity index (χ3n) is 5.71. The first-order valence-corrected chi connectivity index (χ1v) is 10.5. The van der Waals surface area contributed by atoms with Gasteiger partial charge in [0.1, 0.15) is 0 Å². The number of carbonyl (C=O) groups excluding carboxylic acids is 1. The van der Waals surface area contributed by atoms with Gasteiger partial charge in [0.2, 0.25) is 5.91 Å². The monoisotopic (exact) mass is 366 g/mol. The maximum atomic E-state index is 12.5. The number of nitrogens with zero attached hydrogens (tertiary/aromatic N) is 3. The number of azide groups is 1. The van der Waals surface area contributed by atoms with Crippen LogP contribution in [0.2, 0.25) is 0 Å². The van der Waals surface area contributed by atoms with Gasteiger partial charge in [-0.25, -0.2) is 0 Å². The molecule has 1 amide bonds. The van der Waals surface area contributed by atoms with E-state index < -0.39 is 12.1 Å². The fourth-order valence-corrected chi connectivity index (χ4v) is 3.89. The molecule has 0 aromatic rings. The summed E-state index contributed by atoms with van der Waals surface area (Å²) in [6, 6.07) is -0.438. The molecule has 6 nitrogen and oxygen atoms in total. The van der Waals surface area contributed by atoms with Crippen molar-refractivity contribution in [1.82, 2.24) is 5.32 Å². The largest absolute Gasteiger partial charge is 0.393 e. The second kappa shape index (κ2) is 13.0. The van der Waals surface area contributed by atoms with Crippen molar-refractivity contribution in [3.8, 4) is 0 Å². The molecule has 0 aromatic heterocycles. The summed E-state index contributed by atoms with van der Waals surface area (Å²) in [5.41, 5.74) is 8.89. The van der Waals surface area contributed by atoms with Gasteiger partial charge in [-0.3, -0.25) is 4.79 Å². The van der Waals surface area contributed by atoms with Crippen LogP contribution in [0.25, 0.3) is 10.4 Å². The molecule has 26 heavy (non-hydrogen) atoms. The fourth-order valence-electron chi connectivity index (χ4n) is 3.89. The van der Waals surface area contributed by atoms with Gasteiger partial charge < -0.3 is 10.4 Å². The van der Waals surface area contributed by atoms with Crippen LogP contribution in [0.1, 0.15) is 85.0 Å². The lowest BCUT2D eigenvalue weighted by Crippen LogP contribution is -2.38. The molecule has 2 N–H and O–H groups in total. The second-order valence-corrected chi connectivity index (χ2v) is 8.15. The minimum atomic E-state index is -0.765. The molecule has 3 atom stereocenters. The Bertz CT molecular complexity index is 443. The van der Waals surface area contributed by atoms with Gasteiger partial charge in [0.15, 0.2) is 0 Å². The van der Waals surface area contributed by atoms with Gasteiger partial charge >= 0.3 is 0 Å². The highest BCUT2D eigenvalue weighted by atomic mass is 16.3. The highest BCUT2D eigenvalue weighted by Gasteiger charge is 2.29. The molecule has 1 fully saturated rings. The Hall–Kier alpha value is -1.26. The molecular weight excluding hydrogens is 328 g/mol. The number of amides is 1. The molecule has 1 rings (SSSR count). The van der Waals surface area contributed by atoms with Crippen LogP contribution in [0.3, 0.4) is 0 Å². The van der Waals surface area contributed by atoms with Gasteiger partial charge in [0, 0.05) is 17.4 Å². The van der Waals surface area contributed by atoms with Gasteiger partial charge in [-0.05, 0) is 43.1 Å². The van der Waals surface area contributed by atoms with Gasteiger partial charge in [-0.15, -0.1) is 0 Å². The standard InChI is InChI=1S/C20H38N4O2/c1-4-5-13-22-20(26)17(15(2)3)14-19(25)18(23-24-21)12-11-16-9-7-6-8-10-16/h15-19,25H,4-14H2,1-3H3,(H,22,26)/t17-,18-,19-/m0/s1. The van der Waals surface area contributed by atoms with Crippen LogP contribution in [0, 0.1) is 17.8 Å². The van der Waals surface area contributed by atoms with Crippen molar-refractivity contribution in [2.45, 2.75) is 97.1 Å². The number of hydrogen-bond acceptors (Lipinski definition) is 3. The zero-order valence-electron chi connectivity index (χ0n) is 16.9. The van der Waals surface area contributed by atoms with E-state index in [1.165, 1.54) is 32.1 Å². The van der Waals surface area contributed by atoms with Crippen LogP contribution in [0.15, 0.2) is 5.11 Å². The zero-order chi connectivity index (χ0) is 19.4. The van der Waals surface area contributed by atoms with Gasteiger partial charge in [0.05, 0.1) is 12.1 Å². The molecule has 1 saturated carbocycles. The average Bonchev–Trinajstić information content (AvgIpc) is 2.63. The summed E-state index contributed by atoms with van der Waals surface area (Å²) in [5.74, 6) is 0.564. The summed E-state index contributed by atoms with van der Waals surface area (Å²) < 4.78 is 0. The number of hydrogen-bond donors (Lipinski definition) is 2. The smallest absolute Gasteiger partial charge is 0.223 e. The third-order valence-corrected chi connectivity index (χ3v) is 5.71. The Morgan fingerprint density at radius 2 is 2.00 bits per heavy atom. The molecule has 0 bridgehead atoms. The van der Waals surface area contributed by atoms with E-state index in [-0.39, 0.29) is 17.7 Å². The van der Waals surface area contributed by atoms with Gasteiger partial charge in [0.25, 0.3) is 0 Å². The lowest BCUT2D eigenvalue weighted by Gasteiger charge is -2.27. The van der Waals surface area contributed by atoms with Crippen LogP contribution >= 0.6 is 0 Å². The molecule has 0 heterocycles. The molecular formula is C20H38N4O2. The number of unbranched alkanes of at least 4 members (excludes halogenated alkanes) is 1. The highest BCUT2D eigenvalue weighted by molar-refractivity contribution is 5.78. The molecule has 150 valence electrons. The van der Waals surface area contributed by atoms with E-state index >= 15 is 0 Å². The molecule has 6 heteroatoms. The highest BCUT2D eigenvalue weighted by Crippen LogP contribution is 2.29. The van der Waals surface area contributed by atoms with Crippen molar-refractivity contribution in [3.63, 3.8) is 0 Å². The van der Waals surface area contributed by atoms with Crippen LogP contribution in [0.4, 0.5) is 0 Å². The summed E-state index contributed by atoms with van der Waals surface area (Å²) in [5, 5.41) is 17.5. The van der Waals surface area contributed by atoms with Crippen molar-refractivity contribution >= 4 is 5.91 Å². The summed E-state index contributed by atoms with van der Waals surface area (Å²) in [6.45, 7) is 6.77. The maximum Gasteiger partial charge on any atom is 0.223 e. The molecule has 0 saturated heterocycles. The van der Waals surface area contributed by atoms with Crippen molar-refractivity contribution < 1.29 is 9.90 Å². The Morgan fingerprint density at radius 3 is 2.58 bits per heavy atom. The minimum Gasteiger partial charge on any atom is -0.393 e. The number of nitrogens with one attached hydrogen (secondary N) is 1. The van der Waals surface area contributed by atoms with Crippen LogP contribution < -0.4 is 5.32 Å². The van der Waals surface area contributed by atoms with Crippen molar-refractivity contribution in [2.75, 3.05) is 6.54 Å². The number of aliphatic hydroxyl groups excluding tert-OH is 1. The Labute approximate surface area is 158 Å². The van der Waals surface area contributed by atoms with E-state index in [4.69, 9.17) is 5.53 Å². The summed E-state index contributed by atoms with van der Waals surface area (Å²) in [4.78, 5) is 15.4. The lowest BCUT2D eigenvalue weighted by atomic mass is 9.83. The Kier molecular flexibility index (Phi) is 11.4. The molecule has 0 aromatic carbocycles. The van der Waals surface area contributed by atoms with E-state index in [2.05, 4.69) is 22.3 Å². The fraction of sp³-hybridized carbons (Fsp3) is 0.950. The van der Waals surface area contributed by atoms with E-state index in [0.29, 0.717) is 25.3 Å². The second-order valence-electron chi connectivity index (χ2n) is 8.15. The van der Waals surface area contributed by atoms with Crippen LogP contribution in [-0.4, -0.2) is 29.7 Å². The van der Waals surface area contributed by atoms with Crippen LogP contribution in [-0.2, 0) is 4.79 Å². The zero-order valence-corrected chi connectivity index (χ0v) is 16.9. The molecule has 0 radical (unpaired) electrons. The summed E-state index contributed by atoms with van der Waals surface area (Å²) in [6.07, 6.45) is 9.66.